The Morgan fingerprint density at radius 1 is 1.13 bits per heavy atom. The van der Waals surface area contributed by atoms with Crippen molar-refractivity contribution in [2.45, 2.75) is 29.8 Å². The van der Waals surface area contributed by atoms with E-state index < -0.39 is 21.4 Å². The molecule has 0 unspecified atom stereocenters. The Hall–Kier alpha value is -2.73. The number of carbonyl (C=O) groups excluding carboxylic acids is 1. The number of ether oxygens (including phenoxy) is 1. The number of carbonyl (C=O) groups is 1. The molecule has 2 aromatic carbocycles. The predicted octanol–water partition coefficient (Wildman–Crippen LogP) is 2.19. The fraction of sp³-hybridized carbons (Fsp3) is 0.391. The van der Waals surface area contributed by atoms with Crippen molar-refractivity contribution in [3.05, 3.63) is 65.2 Å². The summed E-state index contributed by atoms with van der Waals surface area (Å²) in [5.41, 5.74) is 0.770. The maximum absolute atomic E-state index is 12.8. The lowest BCUT2D eigenvalue weighted by atomic mass is 9.93. The molecule has 0 amide bonds. The maximum atomic E-state index is 12.8. The molecule has 1 N–H and O–H groups in total. The summed E-state index contributed by atoms with van der Waals surface area (Å²) >= 11 is 0. The number of hydrogen-bond donors (Lipinski definition) is 1. The van der Waals surface area contributed by atoms with Gasteiger partial charge in [-0.15, -0.1) is 0 Å². The molecule has 1 aliphatic heterocycles. The molecule has 1 fully saturated rings. The van der Waals surface area contributed by atoms with E-state index in [1.54, 1.807) is 12.1 Å². The predicted molar refractivity (Wildman–Crippen MR) is 115 cm³/mol. The van der Waals surface area contributed by atoms with Gasteiger partial charge in [-0.1, -0.05) is 12.1 Å². The number of esters is 1. The topological polar surface area (TPSA) is 108 Å². The standard InChI is InChI=1S/C23H26N2O5S/c1-30-22(26)20-6-8-21(9-7-20)31(28,29)17-23(27)11-14-25(15-12-23)13-10-18-2-4-19(16-24)5-3-18/h2-9,27H,10-15,17H2,1H3. The summed E-state index contributed by atoms with van der Waals surface area (Å²) < 4.78 is 30.2. The second kappa shape index (κ2) is 9.60. The molecule has 164 valence electrons. The van der Waals surface area contributed by atoms with Gasteiger partial charge in [0.25, 0.3) is 0 Å². The van der Waals surface area contributed by atoms with E-state index in [1.165, 1.54) is 31.4 Å². The van der Waals surface area contributed by atoms with Crippen LogP contribution < -0.4 is 0 Å². The van der Waals surface area contributed by atoms with E-state index in [-0.39, 0.29) is 16.2 Å². The number of likely N-dealkylation sites (tertiary alicyclic amines) is 1. The van der Waals surface area contributed by atoms with Crippen LogP contribution in [0.5, 0.6) is 0 Å². The van der Waals surface area contributed by atoms with Crippen molar-refractivity contribution in [3.63, 3.8) is 0 Å². The number of nitrogens with zero attached hydrogens (tertiary/aromatic N) is 2. The van der Waals surface area contributed by atoms with E-state index in [0.29, 0.717) is 31.5 Å². The van der Waals surface area contributed by atoms with Crippen LogP contribution in [0, 0.1) is 11.3 Å². The summed E-state index contributed by atoms with van der Waals surface area (Å²) in [6.45, 7) is 2.04. The van der Waals surface area contributed by atoms with E-state index in [9.17, 15) is 18.3 Å². The molecule has 0 atom stereocenters. The molecule has 0 spiro atoms. The molecule has 0 radical (unpaired) electrons. The first kappa shape index (κ1) is 22.9. The summed E-state index contributed by atoms with van der Waals surface area (Å²) in [5.74, 6) is -0.878. The smallest absolute Gasteiger partial charge is 0.337 e. The Kier molecular flexibility index (Phi) is 7.11. The highest BCUT2D eigenvalue weighted by Crippen LogP contribution is 2.27. The number of rotatable bonds is 7. The molecule has 31 heavy (non-hydrogen) atoms. The van der Waals surface area contributed by atoms with Crippen LogP contribution in [0.25, 0.3) is 0 Å². The van der Waals surface area contributed by atoms with Gasteiger partial charge < -0.3 is 14.7 Å². The fourth-order valence-electron chi connectivity index (χ4n) is 3.72. The van der Waals surface area contributed by atoms with Crippen molar-refractivity contribution in [2.24, 2.45) is 0 Å². The molecule has 0 aliphatic carbocycles. The number of nitriles is 1. The zero-order valence-corrected chi connectivity index (χ0v) is 18.3. The third-order valence-electron chi connectivity index (χ3n) is 5.68. The Labute approximate surface area is 182 Å². The Morgan fingerprint density at radius 2 is 1.74 bits per heavy atom. The van der Waals surface area contributed by atoms with E-state index in [2.05, 4.69) is 15.7 Å². The van der Waals surface area contributed by atoms with Gasteiger partial charge in [0.1, 0.15) is 0 Å². The van der Waals surface area contributed by atoms with Gasteiger partial charge in [-0.25, -0.2) is 13.2 Å². The van der Waals surface area contributed by atoms with E-state index in [1.807, 2.05) is 12.1 Å². The van der Waals surface area contributed by atoms with Crippen molar-refractivity contribution < 1.29 is 23.1 Å². The first-order valence-corrected chi connectivity index (χ1v) is 11.7. The normalized spacial score (nSPS) is 16.4. The molecule has 0 bridgehead atoms. The van der Waals surface area contributed by atoms with Crippen LogP contribution in [0.2, 0.25) is 0 Å². The van der Waals surface area contributed by atoms with Crippen LogP contribution in [-0.2, 0) is 21.0 Å². The zero-order valence-electron chi connectivity index (χ0n) is 17.5. The lowest BCUT2D eigenvalue weighted by Gasteiger charge is -2.38. The Bertz CT molecular complexity index is 1050. The highest BCUT2D eigenvalue weighted by atomic mass is 32.2. The summed E-state index contributed by atoms with van der Waals surface area (Å²) in [5, 5.41) is 19.8. The Morgan fingerprint density at radius 3 is 2.29 bits per heavy atom. The third-order valence-corrected chi connectivity index (χ3v) is 7.59. The fourth-order valence-corrected chi connectivity index (χ4v) is 5.44. The average Bonchev–Trinajstić information content (AvgIpc) is 2.78. The minimum atomic E-state index is -3.69. The summed E-state index contributed by atoms with van der Waals surface area (Å²) in [6.07, 6.45) is 1.58. The summed E-state index contributed by atoms with van der Waals surface area (Å²) in [7, 11) is -2.43. The highest BCUT2D eigenvalue weighted by molar-refractivity contribution is 7.91. The van der Waals surface area contributed by atoms with Gasteiger partial charge in [0.05, 0.1) is 40.6 Å². The first-order valence-electron chi connectivity index (χ1n) is 10.1. The second-order valence-corrected chi connectivity index (χ2v) is 9.89. The molecule has 1 heterocycles. The van der Waals surface area contributed by atoms with Crippen molar-refractivity contribution in [3.8, 4) is 6.07 Å². The number of piperidine rings is 1. The van der Waals surface area contributed by atoms with Crippen LogP contribution in [0.3, 0.4) is 0 Å². The molecule has 1 saturated heterocycles. The molecule has 0 saturated carbocycles. The van der Waals surface area contributed by atoms with Crippen molar-refractivity contribution in [1.82, 2.24) is 4.90 Å². The van der Waals surface area contributed by atoms with E-state index >= 15 is 0 Å². The maximum Gasteiger partial charge on any atom is 0.337 e. The SMILES string of the molecule is COC(=O)c1ccc(S(=O)(=O)CC2(O)CCN(CCc3ccc(C#N)cc3)CC2)cc1. The average molecular weight is 443 g/mol. The van der Waals surface area contributed by atoms with E-state index in [4.69, 9.17) is 5.26 Å². The molecule has 0 aromatic heterocycles. The molecular weight excluding hydrogens is 416 g/mol. The summed E-state index contributed by atoms with van der Waals surface area (Å²) in [4.78, 5) is 13.8. The minimum absolute atomic E-state index is 0.0804. The number of benzene rings is 2. The molecule has 1 aliphatic rings. The van der Waals surface area contributed by atoms with Gasteiger partial charge in [-0.2, -0.15) is 5.26 Å². The van der Waals surface area contributed by atoms with Gasteiger partial charge in [0.15, 0.2) is 9.84 Å². The number of sulfone groups is 1. The van der Waals surface area contributed by atoms with Crippen LogP contribution in [0.1, 0.15) is 34.3 Å². The lowest BCUT2D eigenvalue weighted by molar-refractivity contribution is -0.00210. The quantitative estimate of drug-likeness (QED) is 0.655. The van der Waals surface area contributed by atoms with Gasteiger partial charge in [0.2, 0.25) is 0 Å². The molecular formula is C23H26N2O5S. The number of aliphatic hydroxyl groups is 1. The third kappa shape index (κ3) is 5.91. The van der Waals surface area contributed by atoms with Gasteiger partial charge in [0, 0.05) is 19.6 Å². The molecule has 3 rings (SSSR count). The molecule has 8 heteroatoms. The number of hydrogen-bond acceptors (Lipinski definition) is 7. The Balaban J connectivity index is 1.54. The first-order chi connectivity index (χ1) is 14.7. The lowest BCUT2D eigenvalue weighted by Crippen LogP contribution is -2.48. The van der Waals surface area contributed by atoms with Crippen molar-refractivity contribution in [2.75, 3.05) is 32.5 Å². The van der Waals surface area contributed by atoms with Crippen LogP contribution in [0.4, 0.5) is 0 Å². The molecule has 7 nitrogen and oxygen atoms in total. The van der Waals surface area contributed by atoms with Crippen LogP contribution >= 0.6 is 0 Å². The monoisotopic (exact) mass is 442 g/mol. The van der Waals surface area contributed by atoms with Crippen LogP contribution in [-0.4, -0.2) is 62.5 Å². The van der Waals surface area contributed by atoms with E-state index in [0.717, 1.165) is 18.5 Å². The summed E-state index contributed by atoms with van der Waals surface area (Å²) in [6, 6.07) is 15.1. The van der Waals surface area contributed by atoms with Crippen LogP contribution in [0.15, 0.2) is 53.4 Å². The highest BCUT2D eigenvalue weighted by Gasteiger charge is 2.37. The van der Waals surface area contributed by atoms with Crippen molar-refractivity contribution >= 4 is 15.8 Å². The second-order valence-electron chi connectivity index (χ2n) is 7.90. The number of methoxy groups -OCH3 is 1. The minimum Gasteiger partial charge on any atom is -0.465 e. The molecule has 2 aromatic rings. The van der Waals surface area contributed by atoms with Gasteiger partial charge in [-0.05, 0) is 61.2 Å². The van der Waals surface area contributed by atoms with Gasteiger partial charge in [-0.3, -0.25) is 0 Å². The van der Waals surface area contributed by atoms with Crippen molar-refractivity contribution in [1.29, 1.82) is 5.26 Å². The largest absolute Gasteiger partial charge is 0.465 e. The van der Waals surface area contributed by atoms with Gasteiger partial charge >= 0.3 is 5.97 Å². The zero-order chi connectivity index (χ0) is 22.5.